The Morgan fingerprint density at radius 3 is 2.48 bits per heavy atom. The number of hydrogen-bond donors (Lipinski definition) is 2. The zero-order valence-corrected chi connectivity index (χ0v) is 18.5. The lowest BCUT2D eigenvalue weighted by atomic mass is 10.1. The molecule has 0 fully saturated rings. The van der Waals surface area contributed by atoms with Crippen LogP contribution in [0.25, 0.3) is 0 Å². The maximum atomic E-state index is 5.66. The summed E-state index contributed by atoms with van der Waals surface area (Å²) < 4.78 is 5.66. The molecule has 0 aliphatic carbocycles. The van der Waals surface area contributed by atoms with Crippen molar-refractivity contribution in [2.75, 3.05) is 7.05 Å². The second-order valence-corrected chi connectivity index (χ2v) is 7.34. The van der Waals surface area contributed by atoms with E-state index in [0.29, 0.717) is 6.61 Å². The van der Waals surface area contributed by atoms with Crippen molar-refractivity contribution < 1.29 is 4.74 Å². The molecule has 25 heavy (non-hydrogen) atoms. The van der Waals surface area contributed by atoms with E-state index in [0.717, 1.165) is 19.0 Å². The number of aliphatic imine (C=N–C) groups is 1. The molecule has 138 valence electrons. The summed E-state index contributed by atoms with van der Waals surface area (Å²) >= 11 is 1.81. The largest absolute Gasteiger partial charge is 0.374 e. The summed E-state index contributed by atoms with van der Waals surface area (Å²) in [7, 11) is 1.79. The van der Waals surface area contributed by atoms with Gasteiger partial charge in [-0.15, -0.1) is 35.3 Å². The van der Waals surface area contributed by atoms with Gasteiger partial charge in [-0.2, -0.15) is 0 Å². The quantitative estimate of drug-likeness (QED) is 0.355. The number of nitrogens with one attached hydrogen (secondary N) is 2. The lowest BCUT2D eigenvalue weighted by Gasteiger charge is -2.12. The molecule has 1 heterocycles. The number of thiophene rings is 1. The van der Waals surface area contributed by atoms with Gasteiger partial charge in [-0.25, -0.2) is 0 Å². The molecule has 2 rings (SSSR count). The molecule has 0 amide bonds. The van der Waals surface area contributed by atoms with Crippen LogP contribution < -0.4 is 10.6 Å². The first-order valence-corrected chi connectivity index (χ1v) is 9.07. The fourth-order valence-corrected chi connectivity index (χ4v) is 3.08. The summed E-state index contributed by atoms with van der Waals surface area (Å²) in [5, 5.41) is 6.71. The van der Waals surface area contributed by atoms with E-state index >= 15 is 0 Å². The number of aryl methyl sites for hydroxylation is 1. The minimum absolute atomic E-state index is 0. The fourth-order valence-electron chi connectivity index (χ4n) is 2.25. The van der Waals surface area contributed by atoms with E-state index in [1.54, 1.807) is 18.4 Å². The van der Waals surface area contributed by atoms with E-state index in [2.05, 4.69) is 72.8 Å². The average molecular weight is 473 g/mol. The minimum atomic E-state index is 0. The number of guanidine groups is 1. The Hall–Kier alpha value is -1.12. The van der Waals surface area contributed by atoms with Crippen molar-refractivity contribution in [1.82, 2.24) is 10.6 Å². The van der Waals surface area contributed by atoms with Crippen molar-refractivity contribution in [2.45, 2.75) is 46.6 Å². The van der Waals surface area contributed by atoms with E-state index in [-0.39, 0.29) is 30.1 Å². The van der Waals surface area contributed by atoms with Crippen LogP contribution in [0.5, 0.6) is 0 Å². The molecule has 2 aromatic rings. The van der Waals surface area contributed by atoms with E-state index in [9.17, 15) is 0 Å². The Labute approximate surface area is 172 Å². The average Bonchev–Trinajstić information content (AvgIpc) is 2.99. The number of halogens is 1. The SMILES string of the molecule is CN=C(NCc1cccc(COC(C)C)c1)NCc1ccc(C)s1.I. The van der Waals surface area contributed by atoms with Crippen LogP contribution in [0.4, 0.5) is 0 Å². The Kier molecular flexibility index (Phi) is 10.1. The maximum Gasteiger partial charge on any atom is 0.191 e. The summed E-state index contributed by atoms with van der Waals surface area (Å²) in [6.07, 6.45) is 0.246. The van der Waals surface area contributed by atoms with Crippen molar-refractivity contribution in [3.05, 3.63) is 57.3 Å². The summed E-state index contributed by atoms with van der Waals surface area (Å²) in [6, 6.07) is 12.7. The van der Waals surface area contributed by atoms with Crippen LogP contribution in [0.1, 0.15) is 34.7 Å². The van der Waals surface area contributed by atoms with Crippen LogP contribution in [-0.2, 0) is 24.4 Å². The molecular weight excluding hydrogens is 445 g/mol. The number of nitrogens with zero attached hydrogens (tertiary/aromatic N) is 1. The van der Waals surface area contributed by atoms with Crippen LogP contribution in [0, 0.1) is 6.92 Å². The molecule has 0 unspecified atom stereocenters. The highest BCUT2D eigenvalue weighted by atomic mass is 127. The molecule has 0 spiro atoms. The lowest BCUT2D eigenvalue weighted by Crippen LogP contribution is -2.36. The van der Waals surface area contributed by atoms with Crippen molar-refractivity contribution in [3.8, 4) is 0 Å². The van der Waals surface area contributed by atoms with Gasteiger partial charge in [0.2, 0.25) is 0 Å². The van der Waals surface area contributed by atoms with E-state index < -0.39 is 0 Å². The van der Waals surface area contributed by atoms with Crippen molar-refractivity contribution in [1.29, 1.82) is 0 Å². The third-order valence-corrected chi connectivity index (χ3v) is 4.49. The monoisotopic (exact) mass is 473 g/mol. The molecule has 0 atom stereocenters. The van der Waals surface area contributed by atoms with Gasteiger partial charge in [-0.1, -0.05) is 24.3 Å². The van der Waals surface area contributed by atoms with Gasteiger partial charge >= 0.3 is 0 Å². The van der Waals surface area contributed by atoms with Gasteiger partial charge in [0.1, 0.15) is 0 Å². The summed E-state index contributed by atoms with van der Waals surface area (Å²) in [5.41, 5.74) is 2.41. The Bertz CT molecular complexity index is 670. The van der Waals surface area contributed by atoms with Gasteiger partial charge in [0.15, 0.2) is 5.96 Å². The third-order valence-electron chi connectivity index (χ3n) is 3.48. The fraction of sp³-hybridized carbons (Fsp3) is 0.421. The zero-order chi connectivity index (χ0) is 17.4. The highest BCUT2D eigenvalue weighted by Crippen LogP contribution is 2.14. The van der Waals surface area contributed by atoms with Gasteiger partial charge in [0.25, 0.3) is 0 Å². The lowest BCUT2D eigenvalue weighted by molar-refractivity contribution is 0.0657. The second kappa shape index (κ2) is 11.5. The van der Waals surface area contributed by atoms with Crippen molar-refractivity contribution >= 4 is 41.3 Å². The molecule has 0 saturated carbocycles. The third kappa shape index (κ3) is 8.20. The van der Waals surface area contributed by atoms with E-state index in [4.69, 9.17) is 4.74 Å². The van der Waals surface area contributed by atoms with Gasteiger partial charge in [-0.05, 0) is 44.0 Å². The molecule has 6 heteroatoms. The van der Waals surface area contributed by atoms with Crippen LogP contribution in [0.2, 0.25) is 0 Å². The molecule has 1 aromatic carbocycles. The number of rotatable bonds is 7. The van der Waals surface area contributed by atoms with Gasteiger partial charge < -0.3 is 15.4 Å². The molecule has 0 radical (unpaired) electrons. The second-order valence-electron chi connectivity index (χ2n) is 5.97. The van der Waals surface area contributed by atoms with Gasteiger partial charge in [0, 0.05) is 23.3 Å². The normalized spacial score (nSPS) is 11.3. The summed E-state index contributed by atoms with van der Waals surface area (Å²) in [4.78, 5) is 6.92. The van der Waals surface area contributed by atoms with Crippen LogP contribution in [-0.4, -0.2) is 19.1 Å². The number of benzene rings is 1. The maximum absolute atomic E-state index is 5.66. The highest BCUT2D eigenvalue weighted by Gasteiger charge is 2.02. The van der Waals surface area contributed by atoms with Crippen molar-refractivity contribution in [3.63, 3.8) is 0 Å². The Balaban J connectivity index is 0.00000312. The molecule has 4 nitrogen and oxygen atoms in total. The minimum Gasteiger partial charge on any atom is -0.374 e. The first-order valence-electron chi connectivity index (χ1n) is 8.26. The Morgan fingerprint density at radius 1 is 1.12 bits per heavy atom. The zero-order valence-electron chi connectivity index (χ0n) is 15.3. The summed E-state index contributed by atoms with van der Waals surface area (Å²) in [5.74, 6) is 0.810. The van der Waals surface area contributed by atoms with Crippen LogP contribution >= 0.6 is 35.3 Å². The number of ether oxygens (including phenoxy) is 1. The summed E-state index contributed by atoms with van der Waals surface area (Å²) in [6.45, 7) is 8.40. The first-order chi connectivity index (χ1) is 11.6. The highest BCUT2D eigenvalue weighted by molar-refractivity contribution is 14.0. The number of hydrogen-bond acceptors (Lipinski definition) is 3. The van der Waals surface area contributed by atoms with Crippen LogP contribution in [0.3, 0.4) is 0 Å². The molecule has 0 saturated heterocycles. The van der Waals surface area contributed by atoms with E-state index in [1.165, 1.54) is 20.9 Å². The van der Waals surface area contributed by atoms with E-state index in [1.807, 2.05) is 0 Å². The smallest absolute Gasteiger partial charge is 0.191 e. The van der Waals surface area contributed by atoms with Gasteiger partial charge in [0.05, 0.1) is 19.3 Å². The topological polar surface area (TPSA) is 45.7 Å². The predicted octanol–water partition coefficient (Wildman–Crippen LogP) is 4.46. The Morgan fingerprint density at radius 2 is 1.84 bits per heavy atom. The molecular formula is C19H28IN3OS. The van der Waals surface area contributed by atoms with Gasteiger partial charge in [-0.3, -0.25) is 4.99 Å². The van der Waals surface area contributed by atoms with Crippen LogP contribution in [0.15, 0.2) is 41.4 Å². The first kappa shape index (κ1) is 21.9. The molecule has 1 aromatic heterocycles. The van der Waals surface area contributed by atoms with Crippen molar-refractivity contribution in [2.24, 2.45) is 4.99 Å². The molecule has 0 aliphatic rings. The molecule has 0 bridgehead atoms. The standard InChI is InChI=1S/C19H27N3OS.HI/c1-14(2)23-13-17-7-5-6-16(10-17)11-21-19(20-4)22-12-18-9-8-15(3)24-18;/h5-10,14H,11-13H2,1-4H3,(H2,20,21,22);1H. The predicted molar refractivity (Wildman–Crippen MR) is 118 cm³/mol. The molecule has 0 aliphatic heterocycles. The molecule has 2 N–H and O–H groups in total.